The normalized spacial score (nSPS) is 10.5. The minimum Gasteiger partial charge on any atom is -0.329 e. The highest BCUT2D eigenvalue weighted by atomic mass is 35.5. The fourth-order valence-corrected chi connectivity index (χ4v) is 1.72. The van der Waals surface area contributed by atoms with E-state index in [1.807, 2.05) is 13.0 Å². The van der Waals surface area contributed by atoms with Crippen molar-refractivity contribution in [2.45, 2.75) is 13.3 Å². The first kappa shape index (κ1) is 9.74. The predicted octanol–water partition coefficient (Wildman–Crippen LogP) is 1.11. The van der Waals surface area contributed by atoms with Crippen molar-refractivity contribution in [3.05, 3.63) is 32.8 Å². The first-order valence-electron chi connectivity index (χ1n) is 4.37. The number of rotatable bonds is 1. The van der Waals surface area contributed by atoms with E-state index in [0.29, 0.717) is 23.2 Å². The molecule has 2 aromatic heterocycles. The summed E-state index contributed by atoms with van der Waals surface area (Å²) < 4.78 is 1.16. The Morgan fingerprint density at radius 1 is 1.73 bits per heavy atom. The van der Waals surface area contributed by atoms with E-state index in [2.05, 4.69) is 10.1 Å². The molecule has 0 unspecified atom stereocenters. The molecular formula is C9H7ClN4O. The van der Waals surface area contributed by atoms with Gasteiger partial charge in [-0.15, -0.1) is 0 Å². The highest BCUT2D eigenvalue weighted by molar-refractivity contribution is 6.30. The monoisotopic (exact) mass is 222 g/mol. The van der Waals surface area contributed by atoms with E-state index in [4.69, 9.17) is 16.9 Å². The zero-order valence-electron chi connectivity index (χ0n) is 7.91. The van der Waals surface area contributed by atoms with Gasteiger partial charge in [0.25, 0.3) is 5.56 Å². The molecule has 0 amide bonds. The summed E-state index contributed by atoms with van der Waals surface area (Å²) in [6.07, 6.45) is 1.86. The van der Waals surface area contributed by atoms with Gasteiger partial charge in [-0.1, -0.05) is 18.5 Å². The van der Waals surface area contributed by atoms with Crippen LogP contribution in [0.25, 0.3) is 5.65 Å². The van der Waals surface area contributed by atoms with Crippen molar-refractivity contribution < 1.29 is 0 Å². The molecule has 0 atom stereocenters. The predicted molar refractivity (Wildman–Crippen MR) is 54.9 cm³/mol. The number of aromatic amines is 1. The van der Waals surface area contributed by atoms with Crippen LogP contribution < -0.4 is 5.56 Å². The van der Waals surface area contributed by atoms with Gasteiger partial charge in [-0.2, -0.15) is 14.9 Å². The van der Waals surface area contributed by atoms with Crippen LogP contribution in [0.3, 0.4) is 0 Å². The average Bonchev–Trinajstić information content (AvgIpc) is 2.61. The Hall–Kier alpha value is -1.80. The molecule has 2 heterocycles. The van der Waals surface area contributed by atoms with E-state index in [-0.39, 0.29) is 10.7 Å². The van der Waals surface area contributed by atoms with Crippen LogP contribution in [0.4, 0.5) is 0 Å². The maximum atomic E-state index is 11.8. The van der Waals surface area contributed by atoms with Crippen LogP contribution in [0.5, 0.6) is 0 Å². The Balaban J connectivity index is 2.95. The molecule has 5 nitrogen and oxygen atoms in total. The first-order chi connectivity index (χ1) is 7.19. The van der Waals surface area contributed by atoms with Crippen LogP contribution >= 0.6 is 11.6 Å². The molecule has 2 aromatic rings. The lowest BCUT2D eigenvalue weighted by atomic mass is 10.2. The first-order valence-corrected chi connectivity index (χ1v) is 4.75. The summed E-state index contributed by atoms with van der Waals surface area (Å²) in [4.78, 5) is 14.6. The van der Waals surface area contributed by atoms with Gasteiger partial charge in [0.15, 0.2) is 5.65 Å². The standard InChI is InChI=1S/C9H7ClN4O/c1-2-6-7(10)13-8-5(3-11)4-12-14(8)9(6)15/h4,13H,2H2,1H3. The van der Waals surface area contributed by atoms with Crippen molar-refractivity contribution in [2.75, 3.05) is 0 Å². The number of halogens is 1. The number of hydrogen-bond donors (Lipinski definition) is 1. The van der Waals surface area contributed by atoms with Crippen LogP contribution in [0.15, 0.2) is 11.0 Å². The summed E-state index contributed by atoms with van der Waals surface area (Å²) in [7, 11) is 0. The molecule has 2 rings (SSSR count). The van der Waals surface area contributed by atoms with Crippen LogP contribution in [0.1, 0.15) is 18.1 Å². The Labute approximate surface area is 89.9 Å². The third-order valence-electron chi connectivity index (χ3n) is 2.19. The Bertz CT molecular complexity index is 619. The highest BCUT2D eigenvalue weighted by Gasteiger charge is 2.12. The lowest BCUT2D eigenvalue weighted by Crippen LogP contribution is -2.20. The van der Waals surface area contributed by atoms with Gasteiger partial charge < -0.3 is 4.98 Å². The van der Waals surface area contributed by atoms with E-state index >= 15 is 0 Å². The number of nitrogens with zero attached hydrogens (tertiary/aromatic N) is 3. The molecule has 0 aromatic carbocycles. The van der Waals surface area contributed by atoms with E-state index in [9.17, 15) is 4.79 Å². The Kier molecular flexibility index (Phi) is 2.21. The van der Waals surface area contributed by atoms with Crippen LogP contribution in [0.2, 0.25) is 5.15 Å². The van der Waals surface area contributed by atoms with Gasteiger partial charge in [-0.25, -0.2) is 0 Å². The molecule has 1 N–H and O–H groups in total. The zero-order valence-corrected chi connectivity index (χ0v) is 8.67. The number of nitriles is 1. The molecule has 6 heteroatoms. The van der Waals surface area contributed by atoms with Crippen molar-refractivity contribution in [1.82, 2.24) is 14.6 Å². The van der Waals surface area contributed by atoms with Gasteiger partial charge in [0.2, 0.25) is 0 Å². The van der Waals surface area contributed by atoms with Gasteiger partial charge in [-0.05, 0) is 6.42 Å². The molecule has 0 aliphatic heterocycles. The topological polar surface area (TPSA) is 73.9 Å². The van der Waals surface area contributed by atoms with Crippen molar-refractivity contribution in [3.8, 4) is 6.07 Å². The van der Waals surface area contributed by atoms with Gasteiger partial charge in [0.1, 0.15) is 16.8 Å². The van der Waals surface area contributed by atoms with Crippen molar-refractivity contribution in [2.24, 2.45) is 0 Å². The van der Waals surface area contributed by atoms with Crippen molar-refractivity contribution >= 4 is 17.2 Å². The second-order valence-corrected chi connectivity index (χ2v) is 3.38. The summed E-state index contributed by atoms with van der Waals surface area (Å²) in [6.45, 7) is 1.83. The molecule has 15 heavy (non-hydrogen) atoms. The lowest BCUT2D eigenvalue weighted by molar-refractivity contribution is 0.867. The van der Waals surface area contributed by atoms with Gasteiger partial charge in [0, 0.05) is 0 Å². The average molecular weight is 223 g/mol. The van der Waals surface area contributed by atoms with E-state index < -0.39 is 0 Å². The fourth-order valence-electron chi connectivity index (χ4n) is 1.41. The van der Waals surface area contributed by atoms with E-state index in [0.717, 1.165) is 4.52 Å². The van der Waals surface area contributed by atoms with Crippen LogP contribution in [0, 0.1) is 11.3 Å². The second-order valence-electron chi connectivity index (χ2n) is 3.01. The molecule has 76 valence electrons. The van der Waals surface area contributed by atoms with Gasteiger partial charge >= 0.3 is 0 Å². The number of hydrogen-bond acceptors (Lipinski definition) is 3. The fraction of sp³-hybridized carbons (Fsp3) is 0.222. The van der Waals surface area contributed by atoms with E-state index in [1.165, 1.54) is 6.20 Å². The highest BCUT2D eigenvalue weighted by Crippen LogP contribution is 2.13. The number of H-pyrrole nitrogens is 1. The number of nitrogens with one attached hydrogen (secondary N) is 1. The van der Waals surface area contributed by atoms with E-state index in [1.54, 1.807) is 0 Å². The second kappa shape index (κ2) is 3.41. The molecule has 0 saturated carbocycles. The smallest absolute Gasteiger partial charge is 0.279 e. The molecule has 0 bridgehead atoms. The summed E-state index contributed by atoms with van der Waals surface area (Å²) in [6, 6.07) is 1.93. The van der Waals surface area contributed by atoms with Crippen molar-refractivity contribution in [1.29, 1.82) is 5.26 Å². The molecule has 0 aliphatic rings. The summed E-state index contributed by atoms with van der Waals surface area (Å²) in [5, 5.41) is 12.9. The van der Waals surface area contributed by atoms with Gasteiger partial charge in [0.05, 0.1) is 11.8 Å². The Morgan fingerprint density at radius 2 is 2.47 bits per heavy atom. The molecule has 0 saturated heterocycles. The third-order valence-corrected chi connectivity index (χ3v) is 2.51. The molecule has 0 spiro atoms. The summed E-state index contributed by atoms with van der Waals surface area (Å²) in [5.74, 6) is 0. The number of fused-ring (bicyclic) bond motifs is 1. The third kappa shape index (κ3) is 1.30. The molecule has 0 aliphatic carbocycles. The van der Waals surface area contributed by atoms with Crippen molar-refractivity contribution in [3.63, 3.8) is 0 Å². The maximum absolute atomic E-state index is 11.8. The molecule has 0 radical (unpaired) electrons. The maximum Gasteiger partial charge on any atom is 0.279 e. The van der Waals surface area contributed by atoms with Gasteiger partial charge in [-0.3, -0.25) is 4.79 Å². The zero-order chi connectivity index (χ0) is 11.0. The lowest BCUT2D eigenvalue weighted by Gasteiger charge is -2.01. The molecular weight excluding hydrogens is 216 g/mol. The SMILES string of the molecule is CCc1c(Cl)[nH]c2c(C#N)cnn2c1=O. The molecule has 0 fully saturated rings. The minimum absolute atomic E-state index is 0.270. The summed E-state index contributed by atoms with van der Waals surface area (Å²) in [5.41, 5.74) is 0.829. The Morgan fingerprint density at radius 3 is 3.07 bits per heavy atom. The summed E-state index contributed by atoms with van der Waals surface area (Å²) >= 11 is 5.89. The largest absolute Gasteiger partial charge is 0.329 e. The minimum atomic E-state index is -0.280. The van der Waals surface area contributed by atoms with Crippen LogP contribution in [-0.4, -0.2) is 14.6 Å². The quantitative estimate of drug-likeness (QED) is 0.735. The van der Waals surface area contributed by atoms with Crippen LogP contribution in [-0.2, 0) is 6.42 Å². The number of aromatic nitrogens is 3.